The van der Waals surface area contributed by atoms with Gasteiger partial charge in [0.05, 0.1) is 17.7 Å². The van der Waals surface area contributed by atoms with Gasteiger partial charge in [0.15, 0.2) is 5.78 Å². The first-order valence-electron chi connectivity index (χ1n) is 9.52. The summed E-state index contributed by atoms with van der Waals surface area (Å²) < 4.78 is 0. The summed E-state index contributed by atoms with van der Waals surface area (Å²) >= 11 is 0. The summed E-state index contributed by atoms with van der Waals surface area (Å²) in [4.78, 5) is 41.5. The molecule has 2 aromatic rings. The highest BCUT2D eigenvalue weighted by molar-refractivity contribution is 6.23. The predicted molar refractivity (Wildman–Crippen MR) is 101 cm³/mol. The molecule has 0 saturated heterocycles. The molecule has 0 radical (unpaired) electrons. The van der Waals surface area contributed by atoms with Crippen LogP contribution in [-0.2, 0) is 12.8 Å². The van der Waals surface area contributed by atoms with E-state index in [-0.39, 0.29) is 24.1 Å². The molecule has 0 saturated carbocycles. The minimum atomic E-state index is -0.380. The average molecular weight is 360 g/mol. The van der Waals surface area contributed by atoms with E-state index in [1.54, 1.807) is 24.3 Å². The molecule has 2 aromatic carbocycles. The zero-order valence-electron chi connectivity index (χ0n) is 15.0. The lowest BCUT2D eigenvalue weighted by Crippen LogP contribution is -2.36. The minimum Gasteiger partial charge on any atom is -0.371 e. The Morgan fingerprint density at radius 1 is 0.889 bits per heavy atom. The van der Waals surface area contributed by atoms with Crippen molar-refractivity contribution in [2.75, 3.05) is 24.5 Å². The minimum absolute atomic E-state index is 0.175. The molecule has 3 heterocycles. The number of anilines is 1. The lowest BCUT2D eigenvalue weighted by Gasteiger charge is -2.37. The Balaban J connectivity index is 1.44. The van der Waals surface area contributed by atoms with Crippen LogP contribution < -0.4 is 4.90 Å². The lowest BCUT2D eigenvalue weighted by atomic mass is 9.89. The van der Waals surface area contributed by atoms with E-state index >= 15 is 0 Å². The molecule has 2 amide bonds. The van der Waals surface area contributed by atoms with E-state index < -0.39 is 0 Å². The quantitative estimate of drug-likeness (QED) is 0.624. The highest BCUT2D eigenvalue weighted by Crippen LogP contribution is 2.36. The highest BCUT2D eigenvalue weighted by atomic mass is 16.2. The molecule has 5 nitrogen and oxygen atoms in total. The summed E-state index contributed by atoms with van der Waals surface area (Å²) in [6.45, 7) is 1.97. The number of Topliss-reactive ketones (excluding diaryl/α,β-unsaturated/α-hetero) is 1. The average Bonchev–Trinajstić information content (AvgIpc) is 2.93. The molecular formula is C22H20N2O3. The topological polar surface area (TPSA) is 57.7 Å². The number of carbonyl (C=O) groups excluding carboxylic acids is 3. The van der Waals surface area contributed by atoms with E-state index in [2.05, 4.69) is 4.90 Å². The molecule has 0 unspecified atom stereocenters. The number of amides is 2. The van der Waals surface area contributed by atoms with Crippen molar-refractivity contribution in [2.24, 2.45) is 0 Å². The Hall–Kier alpha value is -2.95. The maximum Gasteiger partial charge on any atom is 0.261 e. The first-order chi connectivity index (χ1) is 13.1. The Kier molecular flexibility index (Phi) is 3.64. The van der Waals surface area contributed by atoms with Crippen LogP contribution in [0.5, 0.6) is 0 Å². The number of imide groups is 1. The van der Waals surface area contributed by atoms with Gasteiger partial charge < -0.3 is 4.90 Å². The molecule has 0 aliphatic carbocycles. The second-order valence-corrected chi connectivity index (χ2v) is 7.50. The normalized spacial score (nSPS) is 17.8. The van der Waals surface area contributed by atoms with E-state index in [4.69, 9.17) is 0 Å². The van der Waals surface area contributed by atoms with Gasteiger partial charge >= 0.3 is 0 Å². The highest BCUT2D eigenvalue weighted by Gasteiger charge is 2.36. The molecule has 136 valence electrons. The fraction of sp³-hybridized carbons (Fsp3) is 0.318. The van der Waals surface area contributed by atoms with E-state index in [1.807, 2.05) is 12.1 Å². The van der Waals surface area contributed by atoms with Crippen LogP contribution in [0, 0.1) is 0 Å². The molecule has 0 atom stereocenters. The van der Waals surface area contributed by atoms with Gasteiger partial charge in [-0.15, -0.1) is 0 Å². The lowest BCUT2D eigenvalue weighted by molar-refractivity contribution is 0.0624. The van der Waals surface area contributed by atoms with Gasteiger partial charge in [-0.05, 0) is 61.1 Å². The van der Waals surface area contributed by atoms with Crippen LogP contribution in [0.1, 0.15) is 55.0 Å². The van der Waals surface area contributed by atoms with Crippen LogP contribution in [-0.4, -0.2) is 42.1 Å². The van der Waals surface area contributed by atoms with Gasteiger partial charge in [0.25, 0.3) is 11.8 Å². The molecule has 0 spiro atoms. The smallest absolute Gasteiger partial charge is 0.261 e. The second kappa shape index (κ2) is 6.05. The van der Waals surface area contributed by atoms with Crippen LogP contribution in [0.3, 0.4) is 0 Å². The monoisotopic (exact) mass is 360 g/mol. The van der Waals surface area contributed by atoms with Crippen LogP contribution in [0.25, 0.3) is 0 Å². The number of hydrogen-bond donors (Lipinski definition) is 0. The molecule has 0 fully saturated rings. The van der Waals surface area contributed by atoms with E-state index in [1.165, 1.54) is 16.8 Å². The van der Waals surface area contributed by atoms with Gasteiger partial charge in [0.1, 0.15) is 0 Å². The summed E-state index contributed by atoms with van der Waals surface area (Å²) in [6, 6.07) is 10.7. The number of fused-ring (bicyclic) bond motifs is 1. The van der Waals surface area contributed by atoms with Crippen LogP contribution in [0.15, 0.2) is 36.4 Å². The Morgan fingerprint density at radius 3 is 2.00 bits per heavy atom. The third-order valence-electron chi connectivity index (χ3n) is 5.83. The molecule has 0 bridgehead atoms. The van der Waals surface area contributed by atoms with Crippen molar-refractivity contribution in [1.82, 2.24) is 4.90 Å². The van der Waals surface area contributed by atoms with Crippen molar-refractivity contribution in [2.45, 2.75) is 25.7 Å². The number of nitrogens with zero attached hydrogens (tertiary/aromatic N) is 2. The molecule has 3 aliphatic rings. The van der Waals surface area contributed by atoms with Crippen LogP contribution in [0.2, 0.25) is 0 Å². The molecule has 0 aromatic heterocycles. The first kappa shape index (κ1) is 16.2. The summed E-state index contributed by atoms with van der Waals surface area (Å²) in [5.41, 5.74) is 5.14. The zero-order valence-corrected chi connectivity index (χ0v) is 15.0. The molecule has 3 aliphatic heterocycles. The molecular weight excluding hydrogens is 340 g/mol. The fourth-order valence-electron chi connectivity index (χ4n) is 4.58. The summed E-state index contributed by atoms with van der Waals surface area (Å²) in [5, 5.41) is 0. The number of ketones is 1. The van der Waals surface area contributed by atoms with Gasteiger partial charge in [-0.1, -0.05) is 12.1 Å². The fourth-order valence-corrected chi connectivity index (χ4v) is 4.58. The summed E-state index contributed by atoms with van der Waals surface area (Å²) in [7, 11) is 0. The SMILES string of the molecule is O=C(CN1C(=O)c2ccccc2C1=O)c1cc2c3c(c1)CCCN3CCC2. The van der Waals surface area contributed by atoms with Crippen molar-refractivity contribution < 1.29 is 14.4 Å². The van der Waals surface area contributed by atoms with Gasteiger partial charge in [0, 0.05) is 24.3 Å². The number of benzene rings is 2. The van der Waals surface area contributed by atoms with E-state index in [9.17, 15) is 14.4 Å². The van der Waals surface area contributed by atoms with Gasteiger partial charge in [-0.25, -0.2) is 0 Å². The second-order valence-electron chi connectivity index (χ2n) is 7.50. The number of hydrogen-bond acceptors (Lipinski definition) is 4. The molecule has 5 rings (SSSR count). The van der Waals surface area contributed by atoms with E-state index in [0.717, 1.165) is 43.7 Å². The number of carbonyl (C=O) groups is 3. The predicted octanol–water partition coefficient (Wildman–Crippen LogP) is 2.86. The van der Waals surface area contributed by atoms with E-state index in [0.29, 0.717) is 16.7 Å². The van der Waals surface area contributed by atoms with Crippen molar-refractivity contribution in [3.63, 3.8) is 0 Å². The third-order valence-corrected chi connectivity index (χ3v) is 5.83. The molecule has 5 heteroatoms. The zero-order chi connectivity index (χ0) is 18.5. The third kappa shape index (κ3) is 2.49. The standard InChI is InChI=1S/C22H20N2O3/c25-19(13-24-21(26)17-7-1-2-8-18(17)22(24)27)16-11-14-5-3-9-23-10-4-6-15(12-16)20(14)23/h1-2,7-8,11-12H,3-6,9-10,13H2. The summed E-state index contributed by atoms with van der Waals surface area (Å²) in [5.74, 6) is -0.935. The van der Waals surface area contributed by atoms with Crippen LogP contribution >= 0.6 is 0 Å². The maximum absolute atomic E-state index is 12.9. The Bertz CT molecular complexity index is 929. The first-order valence-corrected chi connectivity index (χ1v) is 9.52. The van der Waals surface area contributed by atoms with Crippen LogP contribution in [0.4, 0.5) is 5.69 Å². The van der Waals surface area contributed by atoms with Crippen molar-refractivity contribution >= 4 is 23.3 Å². The Labute approximate surface area is 157 Å². The number of rotatable bonds is 3. The van der Waals surface area contributed by atoms with Gasteiger partial charge in [-0.3, -0.25) is 19.3 Å². The summed E-state index contributed by atoms with van der Waals surface area (Å²) in [6.07, 6.45) is 4.16. The van der Waals surface area contributed by atoms with Gasteiger partial charge in [-0.2, -0.15) is 0 Å². The number of aryl methyl sites for hydroxylation is 2. The molecule has 0 N–H and O–H groups in total. The van der Waals surface area contributed by atoms with Gasteiger partial charge in [0.2, 0.25) is 0 Å². The van der Waals surface area contributed by atoms with Crippen molar-refractivity contribution in [3.05, 3.63) is 64.2 Å². The van der Waals surface area contributed by atoms with Crippen molar-refractivity contribution in [3.8, 4) is 0 Å². The Morgan fingerprint density at radius 2 is 1.44 bits per heavy atom. The van der Waals surface area contributed by atoms with Crippen molar-refractivity contribution in [1.29, 1.82) is 0 Å². The maximum atomic E-state index is 12.9. The largest absolute Gasteiger partial charge is 0.371 e. The molecule has 27 heavy (non-hydrogen) atoms.